The van der Waals surface area contributed by atoms with Crippen molar-refractivity contribution >= 4 is 5.91 Å². The summed E-state index contributed by atoms with van der Waals surface area (Å²) in [5.74, 6) is -1.13. The van der Waals surface area contributed by atoms with Gasteiger partial charge in [0.25, 0.3) is 0 Å². The van der Waals surface area contributed by atoms with Crippen molar-refractivity contribution < 1.29 is 13.6 Å². The number of halogens is 2. The van der Waals surface area contributed by atoms with Gasteiger partial charge in [0.05, 0.1) is 5.92 Å². The highest BCUT2D eigenvalue weighted by molar-refractivity contribution is 5.79. The highest BCUT2D eigenvalue weighted by Gasteiger charge is 2.29. The molecule has 2 N–H and O–H groups in total. The van der Waals surface area contributed by atoms with Gasteiger partial charge in [-0.15, -0.1) is 0 Å². The van der Waals surface area contributed by atoms with E-state index in [2.05, 4.69) is 10.6 Å². The Morgan fingerprint density at radius 3 is 2.83 bits per heavy atom. The van der Waals surface area contributed by atoms with E-state index in [0.717, 1.165) is 12.6 Å². The van der Waals surface area contributed by atoms with Gasteiger partial charge >= 0.3 is 0 Å². The molecule has 2 atom stereocenters. The summed E-state index contributed by atoms with van der Waals surface area (Å²) in [6.45, 7) is 3.57. The summed E-state index contributed by atoms with van der Waals surface area (Å²) in [5.41, 5.74) is 0.295. The average Bonchev–Trinajstić information content (AvgIpc) is 2.74. The van der Waals surface area contributed by atoms with Crippen LogP contribution in [0.3, 0.4) is 0 Å². The van der Waals surface area contributed by atoms with Crippen LogP contribution in [0.4, 0.5) is 8.78 Å². The van der Waals surface area contributed by atoms with Crippen molar-refractivity contribution in [1.82, 2.24) is 10.6 Å². The second kappa shape index (κ2) is 5.44. The highest BCUT2D eigenvalue weighted by Crippen LogP contribution is 2.16. The van der Waals surface area contributed by atoms with Crippen LogP contribution >= 0.6 is 0 Å². The minimum Gasteiger partial charge on any atom is -0.352 e. The van der Waals surface area contributed by atoms with Crippen molar-refractivity contribution in [3.8, 4) is 0 Å². The first kappa shape index (κ1) is 13.0. The lowest BCUT2D eigenvalue weighted by Gasteiger charge is -2.14. The molecule has 1 amide bonds. The molecule has 1 fully saturated rings. The van der Waals surface area contributed by atoms with Gasteiger partial charge in [-0.05, 0) is 18.5 Å². The van der Waals surface area contributed by atoms with Crippen molar-refractivity contribution in [2.45, 2.75) is 13.5 Å². The lowest BCUT2D eigenvalue weighted by atomic mass is 9.97. The first-order valence-electron chi connectivity index (χ1n) is 6.00. The fraction of sp³-hybridized carbons (Fsp3) is 0.462. The molecule has 1 heterocycles. The predicted octanol–water partition coefficient (Wildman–Crippen LogP) is 1.44. The van der Waals surface area contributed by atoms with E-state index >= 15 is 0 Å². The van der Waals surface area contributed by atoms with Gasteiger partial charge in [-0.3, -0.25) is 4.79 Å². The van der Waals surface area contributed by atoms with Crippen LogP contribution in [0.15, 0.2) is 18.2 Å². The zero-order valence-electron chi connectivity index (χ0n) is 10.2. The van der Waals surface area contributed by atoms with Crippen molar-refractivity contribution in [2.75, 3.05) is 13.1 Å². The van der Waals surface area contributed by atoms with E-state index < -0.39 is 11.6 Å². The zero-order chi connectivity index (χ0) is 13.1. The molecule has 0 bridgehead atoms. The number of hydrogen-bond acceptors (Lipinski definition) is 2. The monoisotopic (exact) mass is 254 g/mol. The van der Waals surface area contributed by atoms with Gasteiger partial charge < -0.3 is 10.6 Å². The Labute approximate surface area is 105 Å². The minimum atomic E-state index is -0.632. The maximum absolute atomic E-state index is 13.4. The summed E-state index contributed by atoms with van der Waals surface area (Å²) in [4.78, 5) is 11.9. The lowest BCUT2D eigenvalue weighted by molar-refractivity contribution is -0.125. The van der Waals surface area contributed by atoms with Crippen LogP contribution in [-0.4, -0.2) is 19.0 Å². The molecule has 3 nitrogen and oxygen atoms in total. The molecule has 1 aliphatic heterocycles. The third-order valence-electron chi connectivity index (χ3n) is 3.32. The molecule has 0 radical (unpaired) electrons. The number of hydrogen-bond donors (Lipinski definition) is 2. The van der Waals surface area contributed by atoms with E-state index in [4.69, 9.17) is 0 Å². The Hall–Kier alpha value is -1.49. The largest absolute Gasteiger partial charge is 0.352 e. The van der Waals surface area contributed by atoms with E-state index in [1.807, 2.05) is 6.92 Å². The van der Waals surface area contributed by atoms with Crippen LogP contribution in [0.5, 0.6) is 0 Å². The van der Waals surface area contributed by atoms with Crippen molar-refractivity contribution in [3.63, 3.8) is 0 Å². The van der Waals surface area contributed by atoms with Gasteiger partial charge in [0.1, 0.15) is 11.6 Å². The number of nitrogens with one attached hydrogen (secondary N) is 2. The fourth-order valence-corrected chi connectivity index (χ4v) is 2.14. The van der Waals surface area contributed by atoms with E-state index in [1.165, 1.54) is 12.1 Å². The quantitative estimate of drug-likeness (QED) is 0.857. The Morgan fingerprint density at radius 1 is 1.44 bits per heavy atom. The molecular formula is C13H16F2N2O. The maximum atomic E-state index is 13.4. The number of rotatable bonds is 3. The van der Waals surface area contributed by atoms with Crippen LogP contribution in [0.1, 0.15) is 12.5 Å². The standard InChI is InChI=1S/C13H16F2N2O/c1-8-5-16-7-11(8)13(18)17-6-9-2-3-10(14)4-12(9)15/h2-4,8,11,16H,5-7H2,1H3,(H,17,18)/t8-,11-/m1/s1. The molecule has 5 heteroatoms. The molecule has 1 saturated heterocycles. The molecule has 1 aliphatic rings. The molecule has 1 aromatic rings. The highest BCUT2D eigenvalue weighted by atomic mass is 19.1. The van der Waals surface area contributed by atoms with Crippen molar-refractivity contribution in [1.29, 1.82) is 0 Å². The van der Waals surface area contributed by atoms with Crippen LogP contribution in [0, 0.1) is 23.5 Å². The predicted molar refractivity (Wildman–Crippen MR) is 63.7 cm³/mol. The summed E-state index contributed by atoms with van der Waals surface area (Å²) < 4.78 is 26.1. The summed E-state index contributed by atoms with van der Waals surface area (Å²) in [5, 5.41) is 5.83. The van der Waals surface area contributed by atoms with Gasteiger partial charge in [-0.1, -0.05) is 13.0 Å². The molecule has 2 rings (SSSR count). The number of carbonyl (C=O) groups excluding carboxylic acids is 1. The molecule has 0 spiro atoms. The number of benzene rings is 1. The summed E-state index contributed by atoms with van der Waals surface area (Å²) in [6, 6.07) is 3.35. The molecule has 0 saturated carbocycles. The van der Waals surface area contributed by atoms with E-state index in [-0.39, 0.29) is 24.3 Å². The topological polar surface area (TPSA) is 41.1 Å². The molecule has 0 unspecified atom stereocenters. The Bertz CT molecular complexity index is 451. The van der Waals surface area contributed by atoms with Gasteiger partial charge in [-0.2, -0.15) is 0 Å². The smallest absolute Gasteiger partial charge is 0.224 e. The normalized spacial score (nSPS) is 23.1. The summed E-state index contributed by atoms with van der Waals surface area (Å²) in [7, 11) is 0. The third-order valence-corrected chi connectivity index (χ3v) is 3.32. The van der Waals surface area contributed by atoms with Crippen molar-refractivity contribution in [2.24, 2.45) is 11.8 Å². The molecule has 18 heavy (non-hydrogen) atoms. The summed E-state index contributed by atoms with van der Waals surface area (Å²) in [6.07, 6.45) is 0. The number of amides is 1. The van der Waals surface area contributed by atoms with Gasteiger partial charge in [0.2, 0.25) is 5.91 Å². The van der Waals surface area contributed by atoms with Crippen LogP contribution < -0.4 is 10.6 Å². The number of carbonyl (C=O) groups is 1. The lowest BCUT2D eigenvalue weighted by Crippen LogP contribution is -2.34. The van der Waals surface area contributed by atoms with E-state index in [9.17, 15) is 13.6 Å². The average molecular weight is 254 g/mol. The Morgan fingerprint density at radius 2 is 2.22 bits per heavy atom. The van der Waals surface area contributed by atoms with Crippen LogP contribution in [0.25, 0.3) is 0 Å². The zero-order valence-corrected chi connectivity index (χ0v) is 10.2. The fourth-order valence-electron chi connectivity index (χ4n) is 2.14. The second-order valence-corrected chi connectivity index (χ2v) is 4.70. The molecular weight excluding hydrogens is 238 g/mol. The summed E-state index contributed by atoms with van der Waals surface area (Å²) >= 11 is 0. The SMILES string of the molecule is C[C@@H]1CNC[C@H]1C(=O)NCc1ccc(F)cc1F. The molecule has 0 aromatic heterocycles. The molecule has 98 valence electrons. The van der Waals surface area contributed by atoms with Crippen LogP contribution in [-0.2, 0) is 11.3 Å². The maximum Gasteiger partial charge on any atom is 0.224 e. The van der Waals surface area contributed by atoms with Gasteiger partial charge in [0, 0.05) is 24.7 Å². The van der Waals surface area contributed by atoms with Gasteiger partial charge in [0.15, 0.2) is 0 Å². The van der Waals surface area contributed by atoms with Crippen LogP contribution in [0.2, 0.25) is 0 Å². The van der Waals surface area contributed by atoms with Gasteiger partial charge in [-0.25, -0.2) is 8.78 Å². The third kappa shape index (κ3) is 2.85. The van der Waals surface area contributed by atoms with E-state index in [1.54, 1.807) is 0 Å². The Balaban J connectivity index is 1.93. The molecule has 1 aromatic carbocycles. The second-order valence-electron chi connectivity index (χ2n) is 4.70. The Kier molecular flexibility index (Phi) is 3.91. The minimum absolute atomic E-state index is 0.0755. The molecule has 0 aliphatic carbocycles. The first-order chi connectivity index (χ1) is 8.58. The first-order valence-corrected chi connectivity index (χ1v) is 6.00. The van der Waals surface area contributed by atoms with Crippen molar-refractivity contribution in [3.05, 3.63) is 35.4 Å². The van der Waals surface area contributed by atoms with E-state index in [0.29, 0.717) is 12.1 Å².